The minimum atomic E-state index is -0.892. The smallest absolute Gasteiger partial charge is 0.305 e. The summed E-state index contributed by atoms with van der Waals surface area (Å²) in [6, 6.07) is 8.01. The molecule has 2 N–H and O–H groups in total. The molecule has 0 saturated carbocycles. The van der Waals surface area contributed by atoms with Gasteiger partial charge in [-0.2, -0.15) is 5.10 Å². The summed E-state index contributed by atoms with van der Waals surface area (Å²) in [6.45, 7) is 4.29. The van der Waals surface area contributed by atoms with E-state index in [1.54, 1.807) is 6.20 Å². The van der Waals surface area contributed by atoms with Crippen LogP contribution in [-0.2, 0) is 11.3 Å². The van der Waals surface area contributed by atoms with Crippen LogP contribution in [0.5, 0.6) is 0 Å². The van der Waals surface area contributed by atoms with Crippen molar-refractivity contribution >= 4 is 11.9 Å². The van der Waals surface area contributed by atoms with Gasteiger partial charge in [0.15, 0.2) is 0 Å². The summed E-state index contributed by atoms with van der Waals surface area (Å²) >= 11 is 0. The number of carbonyl (C=O) groups is 2. The SMILES string of the molecule is CCC(NC(=O)c1cnn(CCC(=O)O)c1)c1ccc(C)cc1. The second-order valence-electron chi connectivity index (χ2n) is 5.48. The van der Waals surface area contributed by atoms with Crippen molar-refractivity contribution in [2.24, 2.45) is 0 Å². The van der Waals surface area contributed by atoms with Gasteiger partial charge in [-0.25, -0.2) is 0 Å². The molecule has 0 aliphatic rings. The van der Waals surface area contributed by atoms with E-state index in [1.165, 1.54) is 16.4 Å². The Kier molecular flexibility index (Phi) is 5.51. The number of amides is 1. The highest BCUT2D eigenvalue weighted by Gasteiger charge is 2.15. The molecule has 1 aromatic heterocycles. The van der Waals surface area contributed by atoms with Gasteiger partial charge in [-0.3, -0.25) is 14.3 Å². The number of carboxylic acids is 1. The number of nitrogens with zero attached hydrogens (tertiary/aromatic N) is 2. The van der Waals surface area contributed by atoms with E-state index in [0.717, 1.165) is 12.0 Å². The molecule has 0 spiro atoms. The van der Waals surface area contributed by atoms with Crippen LogP contribution in [0.25, 0.3) is 0 Å². The van der Waals surface area contributed by atoms with Gasteiger partial charge in [0, 0.05) is 6.20 Å². The molecule has 0 aliphatic carbocycles. The van der Waals surface area contributed by atoms with Crippen molar-refractivity contribution in [3.63, 3.8) is 0 Å². The first-order chi connectivity index (χ1) is 11.0. The summed E-state index contributed by atoms with van der Waals surface area (Å²) in [5, 5.41) is 15.7. The maximum atomic E-state index is 12.3. The van der Waals surface area contributed by atoms with Gasteiger partial charge < -0.3 is 10.4 Å². The second kappa shape index (κ2) is 7.58. The Hall–Kier alpha value is -2.63. The first-order valence-electron chi connectivity index (χ1n) is 7.61. The Morgan fingerprint density at radius 2 is 2.00 bits per heavy atom. The van der Waals surface area contributed by atoms with Crippen molar-refractivity contribution in [1.29, 1.82) is 0 Å². The van der Waals surface area contributed by atoms with Crippen molar-refractivity contribution in [1.82, 2.24) is 15.1 Å². The summed E-state index contributed by atoms with van der Waals surface area (Å²) in [5.41, 5.74) is 2.67. The van der Waals surface area contributed by atoms with E-state index in [0.29, 0.717) is 5.56 Å². The van der Waals surface area contributed by atoms with Crippen molar-refractivity contribution in [3.05, 3.63) is 53.3 Å². The third-order valence-electron chi connectivity index (χ3n) is 3.64. The lowest BCUT2D eigenvalue weighted by atomic mass is 10.0. The molecule has 23 heavy (non-hydrogen) atoms. The van der Waals surface area contributed by atoms with Crippen LogP contribution >= 0.6 is 0 Å². The van der Waals surface area contributed by atoms with Gasteiger partial charge in [-0.15, -0.1) is 0 Å². The minimum absolute atomic E-state index is 0.0241. The topological polar surface area (TPSA) is 84.2 Å². The first kappa shape index (κ1) is 16.7. The molecule has 0 aliphatic heterocycles. The van der Waals surface area contributed by atoms with E-state index in [2.05, 4.69) is 10.4 Å². The molecule has 6 heteroatoms. The predicted octanol–water partition coefficient (Wildman–Crippen LogP) is 2.55. The van der Waals surface area contributed by atoms with Crippen LogP contribution in [0.1, 0.15) is 47.3 Å². The lowest BCUT2D eigenvalue weighted by Crippen LogP contribution is -2.27. The van der Waals surface area contributed by atoms with Crippen LogP contribution in [0.15, 0.2) is 36.7 Å². The maximum absolute atomic E-state index is 12.3. The van der Waals surface area contributed by atoms with E-state index >= 15 is 0 Å². The summed E-state index contributed by atoms with van der Waals surface area (Å²) in [7, 11) is 0. The van der Waals surface area contributed by atoms with E-state index in [9.17, 15) is 9.59 Å². The fourth-order valence-corrected chi connectivity index (χ4v) is 2.27. The number of rotatable bonds is 7. The van der Waals surface area contributed by atoms with Gasteiger partial charge >= 0.3 is 5.97 Å². The van der Waals surface area contributed by atoms with E-state index in [-0.39, 0.29) is 24.9 Å². The summed E-state index contributed by atoms with van der Waals surface area (Å²) in [4.78, 5) is 22.9. The molecule has 122 valence electrons. The van der Waals surface area contributed by atoms with Gasteiger partial charge in [-0.05, 0) is 18.9 Å². The molecule has 0 saturated heterocycles. The number of carbonyl (C=O) groups excluding carboxylic acids is 1. The van der Waals surface area contributed by atoms with Crippen molar-refractivity contribution in [2.45, 2.75) is 39.3 Å². The van der Waals surface area contributed by atoms with Gasteiger partial charge in [-0.1, -0.05) is 36.8 Å². The molecule has 1 heterocycles. The fraction of sp³-hybridized carbons (Fsp3) is 0.353. The molecule has 2 aromatic rings. The van der Waals surface area contributed by atoms with Crippen LogP contribution in [0.3, 0.4) is 0 Å². The lowest BCUT2D eigenvalue weighted by molar-refractivity contribution is -0.137. The zero-order valence-corrected chi connectivity index (χ0v) is 13.3. The molecule has 0 fully saturated rings. The molecule has 1 unspecified atom stereocenters. The number of hydrogen-bond donors (Lipinski definition) is 2. The summed E-state index contributed by atoms with van der Waals surface area (Å²) in [5.74, 6) is -1.10. The van der Waals surface area contributed by atoms with Gasteiger partial charge in [0.2, 0.25) is 0 Å². The van der Waals surface area contributed by atoms with Crippen LogP contribution in [0.4, 0.5) is 0 Å². The minimum Gasteiger partial charge on any atom is -0.481 e. The van der Waals surface area contributed by atoms with Crippen molar-refractivity contribution in [3.8, 4) is 0 Å². The van der Waals surface area contributed by atoms with E-state index in [1.807, 2.05) is 38.1 Å². The summed E-state index contributed by atoms with van der Waals surface area (Å²) < 4.78 is 1.47. The zero-order valence-electron chi connectivity index (χ0n) is 13.3. The molecular formula is C17H21N3O3. The molecule has 1 amide bonds. The molecule has 1 aromatic carbocycles. The van der Waals surface area contributed by atoms with E-state index in [4.69, 9.17) is 5.11 Å². The number of hydrogen-bond acceptors (Lipinski definition) is 3. The largest absolute Gasteiger partial charge is 0.481 e. The third-order valence-corrected chi connectivity index (χ3v) is 3.64. The number of aliphatic carboxylic acids is 1. The average molecular weight is 315 g/mol. The highest BCUT2D eigenvalue weighted by molar-refractivity contribution is 5.93. The van der Waals surface area contributed by atoms with Crippen LogP contribution in [0, 0.1) is 6.92 Å². The Morgan fingerprint density at radius 3 is 2.61 bits per heavy atom. The van der Waals surface area contributed by atoms with Crippen molar-refractivity contribution in [2.75, 3.05) is 0 Å². The predicted molar refractivity (Wildman–Crippen MR) is 86.2 cm³/mol. The molecule has 0 bridgehead atoms. The monoisotopic (exact) mass is 315 g/mol. The third kappa shape index (κ3) is 4.67. The van der Waals surface area contributed by atoms with Crippen LogP contribution < -0.4 is 5.32 Å². The zero-order chi connectivity index (χ0) is 16.8. The van der Waals surface area contributed by atoms with Crippen LogP contribution in [0.2, 0.25) is 0 Å². The number of aryl methyl sites for hydroxylation is 2. The molecule has 6 nitrogen and oxygen atoms in total. The second-order valence-corrected chi connectivity index (χ2v) is 5.48. The van der Waals surface area contributed by atoms with Gasteiger partial charge in [0.05, 0.1) is 30.8 Å². The average Bonchev–Trinajstić information content (AvgIpc) is 3.00. The normalized spacial score (nSPS) is 11.9. The first-order valence-corrected chi connectivity index (χ1v) is 7.61. The maximum Gasteiger partial charge on any atom is 0.305 e. The quantitative estimate of drug-likeness (QED) is 0.822. The van der Waals surface area contributed by atoms with Crippen molar-refractivity contribution < 1.29 is 14.7 Å². The molecule has 1 atom stereocenters. The van der Waals surface area contributed by atoms with E-state index < -0.39 is 5.97 Å². The Morgan fingerprint density at radius 1 is 1.30 bits per heavy atom. The Labute approximate surface area is 135 Å². The lowest BCUT2D eigenvalue weighted by Gasteiger charge is -2.17. The molecule has 2 rings (SSSR count). The number of aromatic nitrogens is 2. The Bertz CT molecular complexity index is 677. The summed E-state index contributed by atoms with van der Waals surface area (Å²) in [6.07, 6.45) is 3.78. The highest BCUT2D eigenvalue weighted by Crippen LogP contribution is 2.17. The molecule has 0 radical (unpaired) electrons. The number of nitrogens with one attached hydrogen (secondary N) is 1. The Balaban J connectivity index is 2.02. The molecular weight excluding hydrogens is 294 g/mol. The van der Waals surface area contributed by atoms with Gasteiger partial charge in [0.1, 0.15) is 0 Å². The fourth-order valence-electron chi connectivity index (χ4n) is 2.27. The number of carboxylic acid groups (broad SMARTS) is 1. The van der Waals surface area contributed by atoms with Crippen LogP contribution in [-0.4, -0.2) is 26.8 Å². The number of benzene rings is 1. The van der Waals surface area contributed by atoms with Gasteiger partial charge in [0.25, 0.3) is 5.91 Å². The highest BCUT2D eigenvalue weighted by atomic mass is 16.4. The standard InChI is InChI=1S/C17H21N3O3/c1-3-15(13-6-4-12(2)5-7-13)19-17(23)14-10-18-20(11-14)9-8-16(21)22/h4-7,10-11,15H,3,8-9H2,1-2H3,(H,19,23)(H,21,22).